The van der Waals surface area contributed by atoms with Gasteiger partial charge in [0, 0.05) is 25.7 Å². The minimum atomic E-state index is -4.08. The quantitative estimate of drug-likeness (QED) is 0.908. The highest BCUT2D eigenvalue weighted by Crippen LogP contribution is 2.36. The monoisotopic (exact) mass is 288 g/mol. The van der Waals surface area contributed by atoms with Gasteiger partial charge in [0.05, 0.1) is 5.92 Å². The van der Waals surface area contributed by atoms with Gasteiger partial charge in [-0.25, -0.2) is 9.97 Å². The van der Waals surface area contributed by atoms with Gasteiger partial charge in [-0.05, 0) is 26.7 Å². The molecule has 2 rings (SSSR count). The van der Waals surface area contributed by atoms with Gasteiger partial charge in [-0.1, -0.05) is 0 Å². The van der Waals surface area contributed by atoms with E-state index in [1.165, 1.54) is 0 Å². The van der Waals surface area contributed by atoms with Crippen LogP contribution < -0.4 is 10.2 Å². The van der Waals surface area contributed by atoms with Crippen molar-refractivity contribution in [1.82, 2.24) is 9.97 Å². The Morgan fingerprint density at radius 1 is 1.15 bits per heavy atom. The molecule has 0 bridgehead atoms. The van der Waals surface area contributed by atoms with Crippen LogP contribution in [0.1, 0.15) is 24.2 Å². The molecule has 2 heterocycles. The van der Waals surface area contributed by atoms with Crippen LogP contribution in [0, 0.1) is 19.8 Å². The molecule has 1 fully saturated rings. The molecule has 1 N–H and O–H groups in total. The van der Waals surface area contributed by atoms with E-state index in [9.17, 15) is 13.2 Å². The van der Waals surface area contributed by atoms with Gasteiger partial charge in [0.1, 0.15) is 17.5 Å². The molecular weight excluding hydrogens is 269 g/mol. The number of aryl methyl sites for hydroxylation is 1. The van der Waals surface area contributed by atoms with Crippen molar-refractivity contribution in [3.63, 3.8) is 0 Å². The maximum Gasteiger partial charge on any atom is 0.391 e. The third kappa shape index (κ3) is 2.96. The molecule has 1 aromatic rings. The topological polar surface area (TPSA) is 41.1 Å². The number of nitrogens with one attached hydrogen (secondary N) is 1. The fourth-order valence-electron chi connectivity index (χ4n) is 2.58. The summed E-state index contributed by atoms with van der Waals surface area (Å²) in [6.07, 6.45) is -3.83. The summed E-state index contributed by atoms with van der Waals surface area (Å²) in [4.78, 5) is 10.6. The van der Waals surface area contributed by atoms with Crippen LogP contribution >= 0.6 is 0 Å². The average Bonchev–Trinajstić information content (AvgIpc) is 2.40. The largest absolute Gasteiger partial charge is 0.391 e. The summed E-state index contributed by atoms with van der Waals surface area (Å²) in [7, 11) is 1.77. The third-order valence-electron chi connectivity index (χ3n) is 3.73. The molecule has 112 valence electrons. The fourth-order valence-corrected chi connectivity index (χ4v) is 2.58. The zero-order valence-electron chi connectivity index (χ0n) is 11.9. The second-order valence-corrected chi connectivity index (χ2v) is 5.12. The highest BCUT2D eigenvalue weighted by molar-refractivity contribution is 5.58. The van der Waals surface area contributed by atoms with Crippen LogP contribution in [-0.2, 0) is 0 Å². The molecule has 1 aliphatic heterocycles. The summed E-state index contributed by atoms with van der Waals surface area (Å²) >= 11 is 0. The van der Waals surface area contributed by atoms with E-state index in [0.717, 1.165) is 17.2 Å². The first kappa shape index (κ1) is 14.9. The summed E-state index contributed by atoms with van der Waals surface area (Å²) in [6, 6.07) is 0. The Kier molecular flexibility index (Phi) is 4.06. The van der Waals surface area contributed by atoms with Crippen molar-refractivity contribution in [2.75, 3.05) is 30.4 Å². The Labute approximate surface area is 116 Å². The van der Waals surface area contributed by atoms with Crippen LogP contribution in [0.3, 0.4) is 0 Å². The first-order valence-electron chi connectivity index (χ1n) is 6.67. The first-order valence-corrected chi connectivity index (χ1v) is 6.67. The molecule has 0 atom stereocenters. The van der Waals surface area contributed by atoms with Crippen molar-refractivity contribution >= 4 is 11.6 Å². The minimum Gasteiger partial charge on any atom is -0.373 e. The van der Waals surface area contributed by atoms with Crippen molar-refractivity contribution in [3.05, 3.63) is 11.4 Å². The van der Waals surface area contributed by atoms with E-state index in [0.29, 0.717) is 18.9 Å². The molecule has 1 saturated heterocycles. The predicted molar refractivity (Wildman–Crippen MR) is 72.0 cm³/mol. The Morgan fingerprint density at radius 3 is 2.25 bits per heavy atom. The standard InChI is InChI=1S/C13H19F3N4/c1-8-11(17-3)18-9(2)19-12(8)20-6-4-10(5-7-20)13(14,15)16/h10H,4-7H2,1-3H3,(H,17,18,19). The Morgan fingerprint density at radius 2 is 1.75 bits per heavy atom. The van der Waals surface area contributed by atoms with Gasteiger partial charge in [0.2, 0.25) is 0 Å². The SMILES string of the molecule is CNc1nc(C)nc(N2CCC(C(F)(F)F)CC2)c1C. The molecule has 7 heteroatoms. The first-order chi connectivity index (χ1) is 9.32. The van der Waals surface area contributed by atoms with Crippen molar-refractivity contribution in [2.24, 2.45) is 5.92 Å². The van der Waals surface area contributed by atoms with Crippen molar-refractivity contribution in [1.29, 1.82) is 0 Å². The van der Waals surface area contributed by atoms with Crippen LogP contribution in [-0.4, -0.2) is 36.3 Å². The summed E-state index contributed by atoms with van der Waals surface area (Å²) in [5, 5.41) is 2.99. The number of halogens is 3. The molecule has 0 aromatic carbocycles. The number of hydrogen-bond acceptors (Lipinski definition) is 4. The molecule has 0 amide bonds. The predicted octanol–water partition coefficient (Wildman–Crippen LogP) is 2.91. The number of piperidine rings is 1. The minimum absolute atomic E-state index is 0.126. The number of alkyl halides is 3. The molecule has 0 aliphatic carbocycles. The van der Waals surface area contributed by atoms with Gasteiger partial charge >= 0.3 is 6.18 Å². The Bertz CT molecular complexity index is 479. The van der Waals surface area contributed by atoms with Gasteiger partial charge in [-0.2, -0.15) is 13.2 Å². The summed E-state index contributed by atoms with van der Waals surface area (Å²) in [6.45, 7) is 4.43. The average molecular weight is 288 g/mol. The van der Waals surface area contributed by atoms with Crippen LogP contribution in [0.15, 0.2) is 0 Å². The lowest BCUT2D eigenvalue weighted by atomic mass is 9.96. The lowest BCUT2D eigenvalue weighted by Gasteiger charge is -2.34. The number of anilines is 2. The summed E-state index contributed by atoms with van der Waals surface area (Å²) < 4.78 is 38.0. The van der Waals surface area contributed by atoms with E-state index in [1.54, 1.807) is 14.0 Å². The van der Waals surface area contributed by atoms with Gasteiger partial charge < -0.3 is 10.2 Å². The summed E-state index contributed by atoms with van der Waals surface area (Å²) in [5.74, 6) is 0.895. The van der Waals surface area contributed by atoms with Crippen molar-refractivity contribution in [3.8, 4) is 0 Å². The zero-order chi connectivity index (χ0) is 14.9. The van der Waals surface area contributed by atoms with Crippen LogP contribution in [0.25, 0.3) is 0 Å². The molecule has 1 aromatic heterocycles. The molecule has 0 unspecified atom stereocenters. The lowest BCUT2D eigenvalue weighted by Crippen LogP contribution is -2.39. The van der Waals surface area contributed by atoms with Gasteiger partial charge in [0.25, 0.3) is 0 Å². The number of rotatable bonds is 2. The highest BCUT2D eigenvalue weighted by Gasteiger charge is 2.41. The van der Waals surface area contributed by atoms with Crippen LogP contribution in [0.2, 0.25) is 0 Å². The van der Waals surface area contributed by atoms with E-state index in [1.807, 2.05) is 11.8 Å². The second-order valence-electron chi connectivity index (χ2n) is 5.12. The van der Waals surface area contributed by atoms with Crippen LogP contribution in [0.4, 0.5) is 24.8 Å². The number of aromatic nitrogens is 2. The Hall–Kier alpha value is -1.53. The lowest BCUT2D eigenvalue weighted by molar-refractivity contribution is -0.179. The molecule has 1 aliphatic rings. The fraction of sp³-hybridized carbons (Fsp3) is 0.692. The normalized spacial score (nSPS) is 17.4. The third-order valence-corrected chi connectivity index (χ3v) is 3.73. The summed E-state index contributed by atoms with van der Waals surface area (Å²) in [5.41, 5.74) is 0.878. The number of hydrogen-bond donors (Lipinski definition) is 1. The van der Waals surface area contributed by atoms with E-state index in [2.05, 4.69) is 15.3 Å². The van der Waals surface area contributed by atoms with Crippen molar-refractivity contribution < 1.29 is 13.2 Å². The molecule has 0 saturated carbocycles. The molecular formula is C13H19F3N4. The van der Waals surface area contributed by atoms with E-state index in [-0.39, 0.29) is 12.8 Å². The number of nitrogens with zero attached hydrogens (tertiary/aromatic N) is 3. The molecule has 0 radical (unpaired) electrons. The van der Waals surface area contributed by atoms with Crippen molar-refractivity contribution in [2.45, 2.75) is 32.9 Å². The maximum absolute atomic E-state index is 12.7. The van der Waals surface area contributed by atoms with Gasteiger partial charge in [0.15, 0.2) is 0 Å². The van der Waals surface area contributed by atoms with E-state index in [4.69, 9.17) is 0 Å². The smallest absolute Gasteiger partial charge is 0.373 e. The molecule has 4 nitrogen and oxygen atoms in total. The van der Waals surface area contributed by atoms with Gasteiger partial charge in [-0.3, -0.25) is 0 Å². The molecule has 20 heavy (non-hydrogen) atoms. The second kappa shape index (κ2) is 5.46. The van der Waals surface area contributed by atoms with E-state index < -0.39 is 12.1 Å². The van der Waals surface area contributed by atoms with Crippen LogP contribution in [0.5, 0.6) is 0 Å². The zero-order valence-corrected chi connectivity index (χ0v) is 11.9. The molecule has 0 spiro atoms. The maximum atomic E-state index is 12.7. The highest BCUT2D eigenvalue weighted by atomic mass is 19.4. The Balaban J connectivity index is 2.17. The van der Waals surface area contributed by atoms with Gasteiger partial charge in [-0.15, -0.1) is 0 Å². The van der Waals surface area contributed by atoms with E-state index >= 15 is 0 Å².